The molecule has 13 heavy (non-hydrogen) atoms. The lowest BCUT2D eigenvalue weighted by Crippen LogP contribution is -1.83. The molecular weight excluding hydrogens is 166 g/mol. The number of nitrogens with zero attached hydrogens (tertiary/aromatic N) is 1. The molecular formula is C10H9NO2. The van der Waals surface area contributed by atoms with E-state index in [4.69, 9.17) is 4.74 Å². The Bertz CT molecular complexity index is 440. The van der Waals surface area contributed by atoms with Gasteiger partial charge >= 0.3 is 0 Å². The minimum atomic E-state index is 0.177. The van der Waals surface area contributed by atoms with Gasteiger partial charge in [0, 0.05) is 17.0 Å². The van der Waals surface area contributed by atoms with Gasteiger partial charge in [-0.3, -0.25) is 4.98 Å². The Morgan fingerprint density at radius 2 is 2.15 bits per heavy atom. The van der Waals surface area contributed by atoms with Crippen LogP contribution in [0.5, 0.6) is 11.5 Å². The van der Waals surface area contributed by atoms with E-state index in [2.05, 4.69) is 4.98 Å². The highest BCUT2D eigenvalue weighted by molar-refractivity contribution is 5.88. The van der Waals surface area contributed by atoms with Crippen LogP contribution in [0.4, 0.5) is 0 Å². The average Bonchev–Trinajstić information content (AvgIpc) is 2.18. The van der Waals surface area contributed by atoms with Crippen LogP contribution in [0, 0.1) is 0 Å². The first-order valence-corrected chi connectivity index (χ1v) is 3.92. The van der Waals surface area contributed by atoms with Gasteiger partial charge in [0.1, 0.15) is 11.5 Å². The number of hydrogen-bond acceptors (Lipinski definition) is 3. The Hall–Kier alpha value is -1.77. The maximum Gasteiger partial charge on any atom is 0.141 e. The molecule has 3 heteroatoms. The molecule has 2 aromatic rings. The van der Waals surface area contributed by atoms with Crippen molar-refractivity contribution in [2.24, 2.45) is 0 Å². The van der Waals surface area contributed by atoms with Gasteiger partial charge in [0.15, 0.2) is 0 Å². The van der Waals surface area contributed by atoms with Crippen molar-refractivity contribution in [2.75, 3.05) is 7.11 Å². The van der Waals surface area contributed by atoms with Gasteiger partial charge in [-0.2, -0.15) is 0 Å². The second-order valence-corrected chi connectivity index (χ2v) is 2.75. The van der Waals surface area contributed by atoms with Crippen LogP contribution in [0.25, 0.3) is 10.8 Å². The minimum Gasteiger partial charge on any atom is -0.506 e. The van der Waals surface area contributed by atoms with Crippen molar-refractivity contribution < 1.29 is 9.84 Å². The highest BCUT2D eigenvalue weighted by atomic mass is 16.5. The molecule has 0 atom stereocenters. The van der Waals surface area contributed by atoms with Crippen LogP contribution in [-0.4, -0.2) is 17.2 Å². The zero-order valence-electron chi connectivity index (χ0n) is 7.19. The summed E-state index contributed by atoms with van der Waals surface area (Å²) in [6.45, 7) is 0. The number of aromatic hydroxyl groups is 1. The number of hydrogen-bond donors (Lipinski definition) is 1. The summed E-state index contributed by atoms with van der Waals surface area (Å²) in [5.41, 5.74) is 0. The second kappa shape index (κ2) is 2.94. The zero-order chi connectivity index (χ0) is 9.26. The molecule has 0 amide bonds. The second-order valence-electron chi connectivity index (χ2n) is 2.75. The smallest absolute Gasteiger partial charge is 0.141 e. The van der Waals surface area contributed by atoms with Crippen LogP contribution >= 0.6 is 0 Å². The highest BCUT2D eigenvalue weighted by Crippen LogP contribution is 2.26. The fourth-order valence-electron chi connectivity index (χ4n) is 1.25. The Morgan fingerprint density at radius 3 is 2.92 bits per heavy atom. The number of rotatable bonds is 1. The standard InChI is InChI=1S/C10H9NO2/c1-13-8-3-2-7-5-11-6-10(12)9(7)4-8/h2-6,12H,1H3. The van der Waals surface area contributed by atoms with Crippen molar-refractivity contribution in [3.05, 3.63) is 30.6 Å². The first-order chi connectivity index (χ1) is 6.31. The molecule has 1 aromatic heterocycles. The Labute approximate surface area is 75.6 Å². The summed E-state index contributed by atoms with van der Waals surface area (Å²) in [6.07, 6.45) is 3.12. The Morgan fingerprint density at radius 1 is 1.31 bits per heavy atom. The number of benzene rings is 1. The summed E-state index contributed by atoms with van der Waals surface area (Å²) in [5, 5.41) is 11.1. The van der Waals surface area contributed by atoms with E-state index in [1.807, 2.05) is 12.1 Å². The average molecular weight is 175 g/mol. The number of methoxy groups -OCH3 is 1. The van der Waals surface area contributed by atoms with Gasteiger partial charge in [-0.1, -0.05) is 0 Å². The maximum atomic E-state index is 9.47. The van der Waals surface area contributed by atoms with Gasteiger partial charge < -0.3 is 9.84 Å². The van der Waals surface area contributed by atoms with Crippen molar-refractivity contribution in [1.29, 1.82) is 0 Å². The summed E-state index contributed by atoms with van der Waals surface area (Å²) in [6, 6.07) is 5.48. The van der Waals surface area contributed by atoms with Gasteiger partial charge in [-0.05, 0) is 18.2 Å². The van der Waals surface area contributed by atoms with Crippen LogP contribution in [-0.2, 0) is 0 Å². The molecule has 1 aromatic carbocycles. The fraction of sp³-hybridized carbons (Fsp3) is 0.100. The quantitative estimate of drug-likeness (QED) is 0.720. The highest BCUT2D eigenvalue weighted by Gasteiger charge is 2.00. The zero-order valence-corrected chi connectivity index (χ0v) is 7.19. The van der Waals surface area contributed by atoms with E-state index in [-0.39, 0.29) is 5.75 Å². The van der Waals surface area contributed by atoms with E-state index in [9.17, 15) is 5.11 Å². The molecule has 0 aliphatic rings. The van der Waals surface area contributed by atoms with Gasteiger partial charge in [0.05, 0.1) is 13.3 Å². The third-order valence-electron chi connectivity index (χ3n) is 1.95. The van der Waals surface area contributed by atoms with Gasteiger partial charge in [-0.15, -0.1) is 0 Å². The largest absolute Gasteiger partial charge is 0.506 e. The molecule has 0 saturated heterocycles. The lowest BCUT2D eigenvalue weighted by atomic mass is 10.1. The van der Waals surface area contributed by atoms with Crippen LogP contribution < -0.4 is 4.74 Å². The van der Waals surface area contributed by atoms with E-state index < -0.39 is 0 Å². The minimum absolute atomic E-state index is 0.177. The lowest BCUT2D eigenvalue weighted by Gasteiger charge is -2.02. The molecule has 0 bridgehead atoms. The summed E-state index contributed by atoms with van der Waals surface area (Å²) in [7, 11) is 1.60. The topological polar surface area (TPSA) is 42.4 Å². The number of pyridine rings is 1. The van der Waals surface area contributed by atoms with E-state index in [1.165, 1.54) is 6.20 Å². The molecule has 3 nitrogen and oxygen atoms in total. The molecule has 2 rings (SSSR count). The molecule has 0 aliphatic heterocycles. The molecule has 66 valence electrons. The van der Waals surface area contributed by atoms with Crippen LogP contribution in [0.15, 0.2) is 30.6 Å². The molecule has 0 spiro atoms. The third-order valence-corrected chi connectivity index (χ3v) is 1.95. The predicted octanol–water partition coefficient (Wildman–Crippen LogP) is 1.95. The van der Waals surface area contributed by atoms with Crippen molar-refractivity contribution in [3.8, 4) is 11.5 Å². The summed E-state index contributed by atoms with van der Waals surface area (Å²) < 4.78 is 5.05. The maximum absolute atomic E-state index is 9.47. The van der Waals surface area contributed by atoms with Crippen LogP contribution in [0.3, 0.4) is 0 Å². The SMILES string of the molecule is COc1ccc2cncc(O)c2c1. The van der Waals surface area contributed by atoms with Crippen molar-refractivity contribution >= 4 is 10.8 Å². The van der Waals surface area contributed by atoms with E-state index in [1.54, 1.807) is 19.4 Å². The Kier molecular flexibility index (Phi) is 1.77. The van der Waals surface area contributed by atoms with Gasteiger partial charge in [-0.25, -0.2) is 0 Å². The molecule has 0 fully saturated rings. The number of ether oxygens (including phenoxy) is 1. The third kappa shape index (κ3) is 1.28. The fourth-order valence-corrected chi connectivity index (χ4v) is 1.25. The first-order valence-electron chi connectivity index (χ1n) is 3.92. The van der Waals surface area contributed by atoms with E-state index >= 15 is 0 Å². The normalized spacial score (nSPS) is 10.2. The summed E-state index contributed by atoms with van der Waals surface area (Å²) in [4.78, 5) is 3.88. The molecule has 1 N–H and O–H groups in total. The van der Waals surface area contributed by atoms with Gasteiger partial charge in [0.25, 0.3) is 0 Å². The van der Waals surface area contributed by atoms with Crippen molar-refractivity contribution in [2.45, 2.75) is 0 Å². The lowest BCUT2D eigenvalue weighted by molar-refractivity contribution is 0.415. The first kappa shape index (κ1) is 7.86. The van der Waals surface area contributed by atoms with Crippen molar-refractivity contribution in [3.63, 3.8) is 0 Å². The van der Waals surface area contributed by atoms with Crippen LogP contribution in [0.1, 0.15) is 0 Å². The van der Waals surface area contributed by atoms with Crippen LogP contribution in [0.2, 0.25) is 0 Å². The number of aromatic nitrogens is 1. The van der Waals surface area contributed by atoms with E-state index in [0.717, 1.165) is 16.5 Å². The van der Waals surface area contributed by atoms with E-state index in [0.29, 0.717) is 0 Å². The predicted molar refractivity (Wildman–Crippen MR) is 50.0 cm³/mol. The van der Waals surface area contributed by atoms with Gasteiger partial charge in [0.2, 0.25) is 0 Å². The monoisotopic (exact) mass is 175 g/mol. The number of fused-ring (bicyclic) bond motifs is 1. The molecule has 0 aliphatic carbocycles. The van der Waals surface area contributed by atoms with Crippen molar-refractivity contribution in [1.82, 2.24) is 4.98 Å². The summed E-state index contributed by atoms with van der Waals surface area (Å²) >= 11 is 0. The molecule has 0 saturated carbocycles. The molecule has 0 unspecified atom stereocenters. The Balaban J connectivity index is 2.74. The molecule has 1 heterocycles. The summed E-state index contributed by atoms with van der Waals surface area (Å²) in [5.74, 6) is 0.908. The molecule has 0 radical (unpaired) electrons.